The van der Waals surface area contributed by atoms with Crippen LogP contribution in [0.3, 0.4) is 0 Å². The maximum Gasteiger partial charge on any atom is 0.262 e. The second-order valence-electron chi connectivity index (χ2n) is 3.47. The summed E-state index contributed by atoms with van der Waals surface area (Å²) in [4.78, 5) is 4.16. The lowest BCUT2D eigenvalue weighted by atomic mass is 9.85. The molecule has 13 heavy (non-hydrogen) atoms. The Labute approximate surface area is 86.4 Å². The number of halogens is 2. The first-order chi connectivity index (χ1) is 6.07. The van der Waals surface area contributed by atoms with Gasteiger partial charge in [0, 0.05) is 5.92 Å². The van der Waals surface area contributed by atoms with Crippen LogP contribution in [0, 0.1) is 0 Å². The van der Waals surface area contributed by atoms with Gasteiger partial charge in [0.15, 0.2) is 10.2 Å². The summed E-state index contributed by atoms with van der Waals surface area (Å²) < 4.78 is 3.89. The molecule has 0 saturated heterocycles. The van der Waals surface area contributed by atoms with Crippen molar-refractivity contribution in [3.05, 3.63) is 11.7 Å². The molecule has 0 amide bonds. The monoisotopic (exact) mass is 220 g/mol. The van der Waals surface area contributed by atoms with Crippen LogP contribution in [0.15, 0.2) is 4.52 Å². The van der Waals surface area contributed by atoms with Crippen LogP contribution in [0.5, 0.6) is 0 Å². The molecule has 0 radical (unpaired) electrons. The number of nitrogens with zero attached hydrogens (tertiary/aromatic N) is 2. The van der Waals surface area contributed by atoms with Gasteiger partial charge in [-0.05, 0) is 19.8 Å². The average Bonchev–Trinajstić information content (AvgIpc) is 2.29. The highest BCUT2D eigenvalue weighted by Gasteiger charge is 2.31. The van der Waals surface area contributed by atoms with Gasteiger partial charge in [-0.2, -0.15) is 4.98 Å². The molecule has 0 aromatic carbocycles. The Morgan fingerprint density at radius 3 is 2.54 bits per heavy atom. The first-order valence-corrected chi connectivity index (χ1v) is 5.05. The van der Waals surface area contributed by atoms with Crippen LogP contribution in [0.25, 0.3) is 0 Å². The summed E-state index contributed by atoms with van der Waals surface area (Å²) in [6.07, 6.45) is 3.52. The molecule has 0 N–H and O–H groups in total. The van der Waals surface area contributed by atoms with Crippen LogP contribution >= 0.6 is 23.2 Å². The van der Waals surface area contributed by atoms with Gasteiger partial charge in [-0.15, -0.1) is 0 Å². The van der Waals surface area contributed by atoms with Crippen LogP contribution in [-0.2, 0) is 4.33 Å². The summed E-state index contributed by atoms with van der Waals surface area (Å²) in [6, 6.07) is 0. The van der Waals surface area contributed by atoms with Gasteiger partial charge in [0.05, 0.1) is 0 Å². The standard InChI is InChI=1S/C8H10Cl2N2O/c1-8(9,10)7-11-6(12-13-7)5-3-2-4-5/h5H,2-4H2,1H3. The zero-order valence-electron chi connectivity index (χ0n) is 7.26. The molecule has 0 atom stereocenters. The van der Waals surface area contributed by atoms with Gasteiger partial charge in [-0.1, -0.05) is 34.8 Å². The minimum absolute atomic E-state index is 0.290. The maximum absolute atomic E-state index is 5.81. The van der Waals surface area contributed by atoms with E-state index in [2.05, 4.69) is 10.1 Å². The lowest BCUT2D eigenvalue weighted by Gasteiger charge is -2.21. The zero-order valence-corrected chi connectivity index (χ0v) is 8.77. The fourth-order valence-corrected chi connectivity index (χ4v) is 1.40. The lowest BCUT2D eigenvalue weighted by molar-refractivity contribution is 0.343. The molecule has 1 fully saturated rings. The second kappa shape index (κ2) is 3.14. The van der Waals surface area contributed by atoms with E-state index in [4.69, 9.17) is 27.7 Å². The normalized spacial score (nSPS) is 18.7. The third-order valence-corrected chi connectivity index (χ3v) is 2.61. The lowest BCUT2D eigenvalue weighted by Crippen LogP contribution is -2.11. The highest BCUT2D eigenvalue weighted by atomic mass is 35.5. The average molecular weight is 221 g/mol. The molecule has 0 spiro atoms. The van der Waals surface area contributed by atoms with Gasteiger partial charge in [-0.25, -0.2) is 0 Å². The zero-order chi connectivity index (χ0) is 9.47. The van der Waals surface area contributed by atoms with Crippen molar-refractivity contribution >= 4 is 23.2 Å². The topological polar surface area (TPSA) is 38.9 Å². The minimum Gasteiger partial charge on any atom is -0.336 e. The largest absolute Gasteiger partial charge is 0.336 e. The van der Waals surface area contributed by atoms with Crippen molar-refractivity contribution in [3.8, 4) is 0 Å². The van der Waals surface area contributed by atoms with Crippen molar-refractivity contribution in [1.29, 1.82) is 0 Å². The number of aromatic nitrogens is 2. The molecule has 3 nitrogen and oxygen atoms in total. The van der Waals surface area contributed by atoms with E-state index in [0.717, 1.165) is 18.7 Å². The molecule has 1 heterocycles. The Hall–Kier alpha value is -0.280. The molecule has 1 aliphatic rings. The number of hydrogen-bond acceptors (Lipinski definition) is 3. The third-order valence-electron chi connectivity index (χ3n) is 2.29. The summed E-state index contributed by atoms with van der Waals surface area (Å²) in [5.41, 5.74) is 0. The molecule has 0 unspecified atom stereocenters. The molecular formula is C8H10Cl2N2O. The van der Waals surface area contributed by atoms with Crippen LogP contribution < -0.4 is 0 Å². The highest BCUT2D eigenvalue weighted by molar-refractivity contribution is 6.47. The van der Waals surface area contributed by atoms with Crippen LogP contribution in [-0.4, -0.2) is 10.1 Å². The van der Waals surface area contributed by atoms with Crippen molar-refractivity contribution in [2.45, 2.75) is 36.4 Å². The molecular weight excluding hydrogens is 211 g/mol. The molecule has 0 bridgehead atoms. The SMILES string of the molecule is CC(Cl)(Cl)c1nc(C2CCC2)no1. The molecule has 2 rings (SSSR count). The quantitative estimate of drug-likeness (QED) is 0.720. The van der Waals surface area contributed by atoms with E-state index in [1.165, 1.54) is 6.42 Å². The van der Waals surface area contributed by atoms with Gasteiger partial charge in [0.25, 0.3) is 5.89 Å². The summed E-state index contributed by atoms with van der Waals surface area (Å²) in [6.45, 7) is 1.62. The first kappa shape index (κ1) is 9.28. The summed E-state index contributed by atoms with van der Waals surface area (Å²) in [5, 5.41) is 3.85. The van der Waals surface area contributed by atoms with E-state index >= 15 is 0 Å². The molecule has 5 heteroatoms. The summed E-state index contributed by atoms with van der Waals surface area (Å²) in [7, 11) is 0. The molecule has 1 aromatic heterocycles. The Bertz CT molecular complexity index is 301. The number of rotatable bonds is 2. The van der Waals surface area contributed by atoms with Gasteiger partial charge in [0.2, 0.25) is 0 Å². The Morgan fingerprint density at radius 1 is 1.46 bits per heavy atom. The predicted octanol–water partition coefficient (Wildman–Crippen LogP) is 2.99. The highest BCUT2D eigenvalue weighted by Crippen LogP contribution is 2.37. The molecule has 72 valence electrons. The second-order valence-corrected chi connectivity index (χ2v) is 5.18. The molecule has 1 aliphatic carbocycles. The van der Waals surface area contributed by atoms with Gasteiger partial charge in [-0.3, -0.25) is 0 Å². The van der Waals surface area contributed by atoms with E-state index < -0.39 is 4.33 Å². The van der Waals surface area contributed by atoms with Crippen LogP contribution in [0.4, 0.5) is 0 Å². The molecule has 0 aliphatic heterocycles. The van der Waals surface area contributed by atoms with Gasteiger partial charge in [0.1, 0.15) is 0 Å². The van der Waals surface area contributed by atoms with Crippen LogP contribution in [0.1, 0.15) is 43.8 Å². The Kier molecular flexibility index (Phi) is 2.24. The van der Waals surface area contributed by atoms with Crippen molar-refractivity contribution in [1.82, 2.24) is 10.1 Å². The first-order valence-electron chi connectivity index (χ1n) is 4.29. The van der Waals surface area contributed by atoms with E-state index in [1.807, 2.05) is 0 Å². The van der Waals surface area contributed by atoms with Crippen molar-refractivity contribution in [2.75, 3.05) is 0 Å². The predicted molar refractivity (Wildman–Crippen MR) is 49.9 cm³/mol. The Balaban J connectivity index is 2.17. The number of alkyl halides is 2. The van der Waals surface area contributed by atoms with Crippen molar-refractivity contribution in [2.24, 2.45) is 0 Å². The Morgan fingerprint density at radius 2 is 2.15 bits per heavy atom. The van der Waals surface area contributed by atoms with Crippen molar-refractivity contribution in [3.63, 3.8) is 0 Å². The third kappa shape index (κ3) is 1.81. The summed E-state index contributed by atoms with van der Waals surface area (Å²) >= 11 is 11.6. The fourth-order valence-electron chi connectivity index (χ4n) is 1.25. The molecule has 1 aromatic rings. The van der Waals surface area contributed by atoms with E-state index in [0.29, 0.717) is 5.92 Å². The van der Waals surface area contributed by atoms with E-state index in [9.17, 15) is 0 Å². The van der Waals surface area contributed by atoms with Gasteiger partial charge < -0.3 is 4.52 Å². The fraction of sp³-hybridized carbons (Fsp3) is 0.750. The van der Waals surface area contributed by atoms with E-state index in [-0.39, 0.29) is 5.89 Å². The van der Waals surface area contributed by atoms with Gasteiger partial charge >= 0.3 is 0 Å². The minimum atomic E-state index is -1.07. The maximum atomic E-state index is 5.81. The molecule has 1 saturated carbocycles. The number of hydrogen-bond donors (Lipinski definition) is 0. The van der Waals surface area contributed by atoms with Crippen LogP contribution in [0.2, 0.25) is 0 Å². The van der Waals surface area contributed by atoms with Crippen molar-refractivity contribution < 1.29 is 4.52 Å². The summed E-state index contributed by atoms with van der Waals surface area (Å²) in [5.74, 6) is 1.49. The van der Waals surface area contributed by atoms with E-state index in [1.54, 1.807) is 6.92 Å². The smallest absolute Gasteiger partial charge is 0.262 e.